The molecule has 0 radical (unpaired) electrons. The van der Waals surface area contributed by atoms with Gasteiger partial charge in [-0.2, -0.15) is 0 Å². The van der Waals surface area contributed by atoms with Gasteiger partial charge in [-0.3, -0.25) is 4.57 Å². The lowest BCUT2D eigenvalue weighted by molar-refractivity contribution is 0.341. The highest BCUT2D eigenvalue weighted by molar-refractivity contribution is 7.57. The fourth-order valence-electron chi connectivity index (χ4n) is 0.738. The maximum atomic E-state index is 10.6. The van der Waals surface area contributed by atoms with E-state index in [4.69, 9.17) is 4.52 Å². The van der Waals surface area contributed by atoms with Crippen molar-refractivity contribution >= 4 is 7.37 Å². The van der Waals surface area contributed by atoms with Gasteiger partial charge in [0.2, 0.25) is 0 Å². The summed E-state index contributed by atoms with van der Waals surface area (Å²) in [6.07, 6.45) is 2.41. The second-order valence-electron chi connectivity index (χ2n) is 3.38. The Balaban J connectivity index is 0. The molecule has 0 aromatic carbocycles. The fraction of sp³-hybridized carbons (Fsp3) is 0.800. The summed E-state index contributed by atoms with van der Waals surface area (Å²) in [5.74, 6) is 0. The Kier molecular flexibility index (Phi) is 10.1. The molecule has 0 aliphatic carbocycles. The van der Waals surface area contributed by atoms with Crippen LogP contribution in [0.5, 0.6) is 0 Å². The molecule has 0 amide bonds. The Hall–Kier alpha value is -0.0700. The highest BCUT2D eigenvalue weighted by Gasteiger charge is 2.02. The van der Waals surface area contributed by atoms with E-state index in [0.29, 0.717) is 6.61 Å². The smallest absolute Gasteiger partial charge is 0.197 e. The average molecular weight is 206 g/mol. The molecule has 0 bridgehead atoms. The third-order valence-corrected chi connectivity index (χ3v) is 2.00. The molecular formula is C10H23O2P. The van der Waals surface area contributed by atoms with E-state index in [9.17, 15) is 4.57 Å². The predicted molar refractivity (Wildman–Crippen MR) is 60.8 cm³/mol. The summed E-state index contributed by atoms with van der Waals surface area (Å²) in [4.78, 5) is 0. The zero-order valence-corrected chi connectivity index (χ0v) is 10.5. The zero-order chi connectivity index (χ0) is 10.9. The normalized spacial score (nSPS) is 10.2. The summed E-state index contributed by atoms with van der Waals surface area (Å²) in [7, 11) is -2.17. The Bertz CT molecular complexity index is 170. The lowest BCUT2D eigenvalue weighted by atomic mass is 10.2. The Morgan fingerprint density at radius 3 is 1.85 bits per heavy atom. The second-order valence-corrected chi connectivity index (χ2v) is 6.14. The van der Waals surface area contributed by atoms with Crippen molar-refractivity contribution in [3.8, 4) is 0 Å². The Morgan fingerprint density at radius 1 is 1.38 bits per heavy atom. The van der Waals surface area contributed by atoms with Crippen LogP contribution in [0.3, 0.4) is 0 Å². The summed E-state index contributed by atoms with van der Waals surface area (Å²) in [6.45, 7) is 13.6. The van der Waals surface area contributed by atoms with E-state index < -0.39 is 7.37 Å². The number of hydrogen-bond acceptors (Lipinski definition) is 2. The van der Waals surface area contributed by atoms with E-state index in [0.717, 1.165) is 0 Å². The standard InChI is InChI=1S/C6H12.C4H11O2P/c1-4-5-6(2)3;1-4-6-7(2,3)5/h2,4-5H2,1,3H3;4H2,1-3H3. The van der Waals surface area contributed by atoms with Crippen LogP contribution in [-0.4, -0.2) is 19.9 Å². The predicted octanol–water partition coefficient (Wildman–Crippen LogP) is 3.92. The first-order valence-corrected chi connectivity index (χ1v) is 7.19. The summed E-state index contributed by atoms with van der Waals surface area (Å²) in [6, 6.07) is 0. The van der Waals surface area contributed by atoms with Gasteiger partial charge in [0.05, 0.1) is 6.61 Å². The summed E-state index contributed by atoms with van der Waals surface area (Å²) < 4.78 is 15.4. The van der Waals surface area contributed by atoms with Crippen molar-refractivity contribution in [2.45, 2.75) is 33.6 Å². The van der Waals surface area contributed by atoms with Crippen molar-refractivity contribution in [1.82, 2.24) is 0 Å². The van der Waals surface area contributed by atoms with E-state index in [1.165, 1.54) is 18.4 Å². The number of rotatable bonds is 4. The van der Waals surface area contributed by atoms with Crippen LogP contribution in [0.4, 0.5) is 0 Å². The molecule has 0 aliphatic heterocycles. The third kappa shape index (κ3) is 24.5. The highest BCUT2D eigenvalue weighted by atomic mass is 31.2. The molecule has 0 N–H and O–H groups in total. The van der Waals surface area contributed by atoms with Gasteiger partial charge in [-0.1, -0.05) is 18.9 Å². The van der Waals surface area contributed by atoms with Gasteiger partial charge in [0, 0.05) is 13.3 Å². The van der Waals surface area contributed by atoms with Crippen molar-refractivity contribution in [2.24, 2.45) is 0 Å². The van der Waals surface area contributed by atoms with E-state index in [1.807, 2.05) is 6.92 Å². The van der Waals surface area contributed by atoms with Gasteiger partial charge in [-0.05, 0) is 20.3 Å². The molecule has 0 aromatic rings. The molecule has 0 saturated heterocycles. The lowest BCUT2D eigenvalue weighted by Crippen LogP contribution is -1.82. The second kappa shape index (κ2) is 8.52. The molecule has 0 unspecified atom stereocenters. The van der Waals surface area contributed by atoms with Gasteiger partial charge in [-0.25, -0.2) is 0 Å². The van der Waals surface area contributed by atoms with Gasteiger partial charge in [0.15, 0.2) is 7.37 Å². The van der Waals surface area contributed by atoms with Crippen molar-refractivity contribution < 1.29 is 9.09 Å². The van der Waals surface area contributed by atoms with Gasteiger partial charge in [0.1, 0.15) is 0 Å². The van der Waals surface area contributed by atoms with Crippen LogP contribution in [0, 0.1) is 0 Å². The molecule has 80 valence electrons. The summed E-state index contributed by atoms with van der Waals surface area (Å²) in [5.41, 5.74) is 1.29. The topological polar surface area (TPSA) is 26.3 Å². The average Bonchev–Trinajstić information content (AvgIpc) is 1.84. The summed E-state index contributed by atoms with van der Waals surface area (Å²) in [5, 5.41) is 0. The van der Waals surface area contributed by atoms with Crippen molar-refractivity contribution in [3.05, 3.63) is 12.2 Å². The van der Waals surface area contributed by atoms with Gasteiger partial charge < -0.3 is 4.52 Å². The molecule has 0 spiro atoms. The van der Waals surface area contributed by atoms with Gasteiger partial charge >= 0.3 is 0 Å². The minimum Gasteiger partial charge on any atom is -0.329 e. The van der Waals surface area contributed by atoms with Gasteiger partial charge in [-0.15, -0.1) is 6.58 Å². The van der Waals surface area contributed by atoms with Crippen molar-refractivity contribution in [2.75, 3.05) is 19.9 Å². The zero-order valence-electron chi connectivity index (χ0n) is 9.59. The highest BCUT2D eigenvalue weighted by Crippen LogP contribution is 2.36. The van der Waals surface area contributed by atoms with E-state index in [-0.39, 0.29) is 0 Å². The first-order valence-electron chi connectivity index (χ1n) is 4.67. The minimum atomic E-state index is -2.17. The monoisotopic (exact) mass is 206 g/mol. The molecule has 0 aromatic heterocycles. The summed E-state index contributed by atoms with van der Waals surface area (Å²) >= 11 is 0. The minimum absolute atomic E-state index is 0.546. The van der Waals surface area contributed by atoms with Crippen LogP contribution in [-0.2, 0) is 9.09 Å². The van der Waals surface area contributed by atoms with Crippen LogP contribution >= 0.6 is 7.37 Å². The largest absolute Gasteiger partial charge is 0.329 e. The molecule has 0 heterocycles. The lowest BCUT2D eigenvalue weighted by Gasteiger charge is -2.02. The van der Waals surface area contributed by atoms with E-state index >= 15 is 0 Å². The van der Waals surface area contributed by atoms with E-state index in [1.54, 1.807) is 13.3 Å². The fourth-order valence-corrected chi connectivity index (χ4v) is 1.36. The quantitative estimate of drug-likeness (QED) is 0.514. The molecule has 3 heteroatoms. The molecule has 0 saturated carbocycles. The van der Waals surface area contributed by atoms with Gasteiger partial charge in [0.25, 0.3) is 0 Å². The van der Waals surface area contributed by atoms with E-state index in [2.05, 4.69) is 20.4 Å². The number of allylic oxidation sites excluding steroid dienone is 1. The van der Waals surface area contributed by atoms with Crippen molar-refractivity contribution in [3.63, 3.8) is 0 Å². The maximum absolute atomic E-state index is 10.6. The molecule has 2 nitrogen and oxygen atoms in total. The number of hydrogen-bond donors (Lipinski definition) is 0. The first kappa shape index (κ1) is 15.4. The van der Waals surface area contributed by atoms with Crippen molar-refractivity contribution in [1.29, 1.82) is 0 Å². The molecule has 0 aliphatic rings. The molecular weight excluding hydrogens is 183 g/mol. The molecule has 0 rings (SSSR count). The van der Waals surface area contributed by atoms with Crippen LogP contribution in [0.25, 0.3) is 0 Å². The Labute approximate surface area is 82.8 Å². The van der Waals surface area contributed by atoms with Crippen LogP contribution < -0.4 is 0 Å². The molecule has 0 atom stereocenters. The molecule has 13 heavy (non-hydrogen) atoms. The molecule has 0 fully saturated rings. The first-order chi connectivity index (χ1) is 5.83. The SMILES string of the molecule is C=C(C)CCC.CCOP(C)(C)=O. The van der Waals surface area contributed by atoms with Crippen LogP contribution in [0.2, 0.25) is 0 Å². The van der Waals surface area contributed by atoms with Crippen LogP contribution in [0.15, 0.2) is 12.2 Å². The Morgan fingerprint density at radius 2 is 1.85 bits per heavy atom. The van der Waals surface area contributed by atoms with Crippen LogP contribution in [0.1, 0.15) is 33.6 Å². The third-order valence-electron chi connectivity index (χ3n) is 1.12. The maximum Gasteiger partial charge on any atom is 0.197 e.